The molecule has 2 nitrogen and oxygen atoms in total. The highest BCUT2D eigenvalue weighted by Crippen LogP contribution is 2.26. The highest BCUT2D eigenvalue weighted by molar-refractivity contribution is 6.03. The number of fused-ring (bicyclic) bond motifs is 1. The van der Waals surface area contributed by atoms with Gasteiger partial charge in [-0.1, -0.05) is 42.5 Å². The summed E-state index contributed by atoms with van der Waals surface area (Å²) in [6.45, 7) is 5.80. The molecule has 0 radical (unpaired) electrons. The fourth-order valence-corrected chi connectivity index (χ4v) is 1.97. The Morgan fingerprint density at radius 2 is 1.94 bits per heavy atom. The van der Waals surface area contributed by atoms with Crippen molar-refractivity contribution in [2.24, 2.45) is 0 Å². The molecule has 17 heavy (non-hydrogen) atoms. The van der Waals surface area contributed by atoms with Crippen LogP contribution in [0.2, 0.25) is 0 Å². The van der Waals surface area contributed by atoms with E-state index in [1.807, 2.05) is 42.5 Å². The van der Waals surface area contributed by atoms with E-state index < -0.39 is 0 Å². The van der Waals surface area contributed by atoms with Crippen molar-refractivity contribution >= 4 is 22.4 Å². The first kappa shape index (κ1) is 11.4. The van der Waals surface area contributed by atoms with Gasteiger partial charge in [0, 0.05) is 18.9 Å². The van der Waals surface area contributed by atoms with Gasteiger partial charge in [-0.05, 0) is 11.5 Å². The van der Waals surface area contributed by atoms with Crippen LogP contribution in [0.3, 0.4) is 0 Å². The second-order valence-electron chi connectivity index (χ2n) is 3.92. The van der Waals surface area contributed by atoms with Crippen molar-refractivity contribution in [2.75, 3.05) is 11.4 Å². The third-order valence-electron chi connectivity index (χ3n) is 2.75. The summed E-state index contributed by atoms with van der Waals surface area (Å²) < 4.78 is 0. The molecular formula is C15H15NO. The number of hydrogen-bond acceptors (Lipinski definition) is 1. The van der Waals surface area contributed by atoms with Gasteiger partial charge in [0.1, 0.15) is 0 Å². The van der Waals surface area contributed by atoms with Gasteiger partial charge in [-0.25, -0.2) is 0 Å². The maximum Gasteiger partial charge on any atom is 0.224 e. The average Bonchev–Trinajstić information content (AvgIpc) is 2.35. The molecule has 0 fully saturated rings. The number of hydrogen-bond donors (Lipinski definition) is 0. The minimum absolute atomic E-state index is 0.0289. The van der Waals surface area contributed by atoms with Crippen LogP contribution >= 0.6 is 0 Å². The van der Waals surface area contributed by atoms with Gasteiger partial charge in [-0.15, -0.1) is 6.58 Å². The van der Waals surface area contributed by atoms with Crippen LogP contribution in [-0.4, -0.2) is 12.5 Å². The fraction of sp³-hybridized carbons (Fsp3) is 0.133. The summed E-state index contributed by atoms with van der Waals surface area (Å²) in [5.74, 6) is 0.0289. The Hall–Kier alpha value is -2.09. The summed E-state index contributed by atoms with van der Waals surface area (Å²) >= 11 is 0. The predicted molar refractivity (Wildman–Crippen MR) is 72.2 cm³/mol. The molecule has 1 amide bonds. The van der Waals surface area contributed by atoms with E-state index in [1.165, 1.54) is 0 Å². The largest absolute Gasteiger partial charge is 0.308 e. The molecule has 0 N–H and O–H groups in total. The van der Waals surface area contributed by atoms with Crippen LogP contribution in [0.15, 0.2) is 55.1 Å². The Kier molecular flexibility index (Phi) is 3.24. The first-order valence-electron chi connectivity index (χ1n) is 5.61. The summed E-state index contributed by atoms with van der Waals surface area (Å²) in [5.41, 5.74) is 0.940. The van der Waals surface area contributed by atoms with E-state index in [0.717, 1.165) is 16.5 Å². The summed E-state index contributed by atoms with van der Waals surface area (Å²) in [5, 5.41) is 2.23. The molecule has 86 valence electrons. The van der Waals surface area contributed by atoms with Crippen molar-refractivity contribution in [3.63, 3.8) is 0 Å². The third kappa shape index (κ3) is 2.21. The molecule has 0 saturated carbocycles. The third-order valence-corrected chi connectivity index (χ3v) is 2.75. The van der Waals surface area contributed by atoms with Crippen molar-refractivity contribution < 1.29 is 4.79 Å². The normalized spacial score (nSPS) is 10.2. The predicted octanol–water partition coefficient (Wildman–Crippen LogP) is 3.38. The lowest BCUT2D eigenvalue weighted by Gasteiger charge is -2.21. The highest BCUT2D eigenvalue weighted by Gasteiger charge is 2.11. The molecule has 0 aliphatic carbocycles. The minimum Gasteiger partial charge on any atom is -0.308 e. The second-order valence-corrected chi connectivity index (χ2v) is 3.92. The lowest BCUT2D eigenvalue weighted by Crippen LogP contribution is -2.28. The molecule has 0 bridgehead atoms. The Morgan fingerprint density at radius 3 is 2.65 bits per heavy atom. The van der Waals surface area contributed by atoms with E-state index in [0.29, 0.717) is 6.54 Å². The lowest BCUT2D eigenvalue weighted by atomic mass is 10.1. The van der Waals surface area contributed by atoms with Crippen LogP contribution in [0, 0.1) is 0 Å². The highest BCUT2D eigenvalue weighted by atomic mass is 16.2. The van der Waals surface area contributed by atoms with Crippen molar-refractivity contribution in [3.8, 4) is 0 Å². The summed E-state index contributed by atoms with van der Waals surface area (Å²) in [7, 11) is 0. The van der Waals surface area contributed by atoms with Crippen molar-refractivity contribution in [3.05, 3.63) is 55.1 Å². The topological polar surface area (TPSA) is 20.3 Å². The van der Waals surface area contributed by atoms with Gasteiger partial charge in [0.25, 0.3) is 0 Å². The lowest BCUT2D eigenvalue weighted by molar-refractivity contribution is -0.116. The van der Waals surface area contributed by atoms with Gasteiger partial charge in [0.2, 0.25) is 5.91 Å². The second kappa shape index (κ2) is 4.83. The SMILES string of the molecule is C=CCN(C(C)=O)c1cccc2ccccc12. The molecular weight excluding hydrogens is 210 g/mol. The van der Waals surface area contributed by atoms with Gasteiger partial charge >= 0.3 is 0 Å². The number of rotatable bonds is 3. The molecule has 0 saturated heterocycles. The van der Waals surface area contributed by atoms with Crippen LogP contribution in [0.1, 0.15) is 6.92 Å². The summed E-state index contributed by atoms with van der Waals surface area (Å²) in [4.78, 5) is 13.4. The van der Waals surface area contributed by atoms with E-state index in [9.17, 15) is 4.79 Å². The molecule has 2 aromatic carbocycles. The smallest absolute Gasteiger partial charge is 0.224 e. The Bertz CT molecular complexity index is 554. The molecule has 0 spiro atoms. The minimum atomic E-state index is 0.0289. The van der Waals surface area contributed by atoms with E-state index in [-0.39, 0.29) is 5.91 Å². The van der Waals surface area contributed by atoms with E-state index >= 15 is 0 Å². The molecule has 2 heteroatoms. The monoisotopic (exact) mass is 225 g/mol. The number of carbonyl (C=O) groups is 1. The average molecular weight is 225 g/mol. The summed E-state index contributed by atoms with van der Waals surface area (Å²) in [6, 6.07) is 14.0. The van der Waals surface area contributed by atoms with Crippen LogP contribution in [0.25, 0.3) is 10.8 Å². The zero-order chi connectivity index (χ0) is 12.3. The molecule has 0 aliphatic heterocycles. The van der Waals surface area contributed by atoms with Crippen LogP contribution in [0.5, 0.6) is 0 Å². The van der Waals surface area contributed by atoms with Crippen LogP contribution in [-0.2, 0) is 4.79 Å². The van der Waals surface area contributed by atoms with Gasteiger partial charge in [-0.3, -0.25) is 4.79 Å². The Balaban J connectivity index is 2.60. The van der Waals surface area contributed by atoms with E-state index in [4.69, 9.17) is 0 Å². The molecule has 0 aromatic heterocycles. The number of amides is 1. The van der Waals surface area contributed by atoms with Crippen molar-refractivity contribution in [1.29, 1.82) is 0 Å². The van der Waals surface area contributed by atoms with Crippen molar-refractivity contribution in [1.82, 2.24) is 0 Å². The van der Waals surface area contributed by atoms with Gasteiger partial charge in [0.15, 0.2) is 0 Å². The quantitative estimate of drug-likeness (QED) is 0.733. The molecule has 0 aliphatic rings. The molecule has 2 aromatic rings. The Morgan fingerprint density at radius 1 is 1.24 bits per heavy atom. The first-order valence-corrected chi connectivity index (χ1v) is 5.61. The number of nitrogens with zero attached hydrogens (tertiary/aromatic N) is 1. The maximum absolute atomic E-state index is 11.7. The van der Waals surface area contributed by atoms with Crippen LogP contribution < -0.4 is 4.90 Å². The number of anilines is 1. The zero-order valence-electron chi connectivity index (χ0n) is 9.89. The van der Waals surface area contributed by atoms with E-state index in [2.05, 4.69) is 6.58 Å². The maximum atomic E-state index is 11.7. The van der Waals surface area contributed by atoms with Crippen molar-refractivity contribution in [2.45, 2.75) is 6.92 Å². The number of benzene rings is 2. The van der Waals surface area contributed by atoms with Gasteiger partial charge in [-0.2, -0.15) is 0 Å². The molecule has 0 unspecified atom stereocenters. The first-order chi connectivity index (χ1) is 8.24. The molecule has 2 rings (SSSR count). The van der Waals surface area contributed by atoms with Crippen LogP contribution in [0.4, 0.5) is 5.69 Å². The standard InChI is InChI=1S/C15H15NO/c1-3-11-16(12(2)17)15-10-6-8-13-7-4-5-9-14(13)15/h3-10H,1,11H2,2H3. The Labute approximate surface area is 101 Å². The molecule has 0 atom stereocenters. The van der Waals surface area contributed by atoms with Gasteiger partial charge in [0.05, 0.1) is 5.69 Å². The summed E-state index contributed by atoms with van der Waals surface area (Å²) in [6.07, 6.45) is 1.74. The molecule has 0 heterocycles. The van der Waals surface area contributed by atoms with Gasteiger partial charge < -0.3 is 4.90 Å². The zero-order valence-corrected chi connectivity index (χ0v) is 9.89. The fourth-order valence-electron chi connectivity index (χ4n) is 1.97. The van der Waals surface area contributed by atoms with E-state index in [1.54, 1.807) is 17.9 Å². The number of carbonyl (C=O) groups excluding carboxylic acids is 1.